The van der Waals surface area contributed by atoms with E-state index in [4.69, 9.17) is 16.3 Å². The smallest absolute Gasteiger partial charge is 0.251 e. The number of rotatable bonds is 7. The predicted octanol–water partition coefficient (Wildman–Crippen LogP) is 6.42. The van der Waals surface area contributed by atoms with Gasteiger partial charge in [0.05, 0.1) is 6.04 Å². The summed E-state index contributed by atoms with van der Waals surface area (Å²) in [6.07, 6.45) is 0.816. The highest BCUT2D eigenvalue weighted by Crippen LogP contribution is 2.22. The fraction of sp³-hybridized carbons (Fsp3) is 0.240. The van der Waals surface area contributed by atoms with E-state index in [1.54, 1.807) is 12.1 Å². The number of benzene rings is 3. The normalized spacial score (nSPS) is 11.7. The van der Waals surface area contributed by atoms with Gasteiger partial charge in [-0.15, -0.1) is 0 Å². The molecule has 0 fully saturated rings. The Bertz CT molecular complexity index is 1000. The maximum Gasteiger partial charge on any atom is 0.251 e. The minimum Gasteiger partial charge on any atom is -0.489 e. The van der Waals surface area contributed by atoms with Crippen LogP contribution in [0.2, 0.25) is 5.02 Å². The van der Waals surface area contributed by atoms with Crippen molar-refractivity contribution in [1.29, 1.82) is 0 Å². The standard InChI is InChI=1S/C25H26ClNO2/c1-4-24(19-13-12-17(2)18(3)14-19)27-25(28)20-9-7-10-22(15-20)29-16-21-8-5-6-11-23(21)26/h5-15,24H,4,16H2,1-3H3,(H,27,28)/t24-/m0/s1. The lowest BCUT2D eigenvalue weighted by atomic mass is 9.99. The van der Waals surface area contributed by atoms with Crippen LogP contribution in [0.1, 0.15) is 52.0 Å². The molecule has 0 unspecified atom stereocenters. The van der Waals surface area contributed by atoms with Crippen molar-refractivity contribution in [1.82, 2.24) is 5.32 Å². The van der Waals surface area contributed by atoms with Gasteiger partial charge in [0.1, 0.15) is 12.4 Å². The number of ether oxygens (including phenoxy) is 1. The molecule has 0 aliphatic heterocycles. The Labute approximate surface area is 177 Å². The summed E-state index contributed by atoms with van der Waals surface area (Å²) >= 11 is 6.18. The van der Waals surface area contributed by atoms with Gasteiger partial charge < -0.3 is 10.1 Å². The lowest BCUT2D eigenvalue weighted by Crippen LogP contribution is -2.28. The van der Waals surface area contributed by atoms with Crippen molar-refractivity contribution in [3.8, 4) is 5.75 Å². The van der Waals surface area contributed by atoms with Crippen molar-refractivity contribution in [2.45, 2.75) is 39.8 Å². The van der Waals surface area contributed by atoms with Crippen LogP contribution >= 0.6 is 11.6 Å². The van der Waals surface area contributed by atoms with E-state index < -0.39 is 0 Å². The Morgan fingerprint density at radius 2 is 1.79 bits per heavy atom. The van der Waals surface area contributed by atoms with Gasteiger partial charge in [0, 0.05) is 16.1 Å². The van der Waals surface area contributed by atoms with Crippen molar-refractivity contribution in [3.63, 3.8) is 0 Å². The first kappa shape index (κ1) is 20.9. The Kier molecular flexibility index (Phi) is 6.95. The minimum atomic E-state index is -0.113. The molecule has 3 aromatic carbocycles. The van der Waals surface area contributed by atoms with Crippen molar-refractivity contribution < 1.29 is 9.53 Å². The third kappa shape index (κ3) is 5.39. The molecule has 0 aliphatic rings. The molecule has 3 nitrogen and oxygen atoms in total. The second-order valence-electron chi connectivity index (χ2n) is 7.19. The first-order valence-corrected chi connectivity index (χ1v) is 10.2. The molecule has 0 saturated carbocycles. The van der Waals surface area contributed by atoms with E-state index in [2.05, 4.69) is 44.3 Å². The van der Waals surface area contributed by atoms with E-state index in [1.807, 2.05) is 36.4 Å². The summed E-state index contributed by atoms with van der Waals surface area (Å²) in [5, 5.41) is 3.81. The molecule has 4 heteroatoms. The fourth-order valence-electron chi connectivity index (χ4n) is 3.15. The molecule has 29 heavy (non-hydrogen) atoms. The second-order valence-corrected chi connectivity index (χ2v) is 7.59. The van der Waals surface area contributed by atoms with Crippen LogP contribution in [0.4, 0.5) is 0 Å². The molecule has 3 rings (SSSR count). The highest BCUT2D eigenvalue weighted by Gasteiger charge is 2.15. The number of hydrogen-bond acceptors (Lipinski definition) is 2. The number of halogens is 1. The van der Waals surface area contributed by atoms with E-state index in [-0.39, 0.29) is 11.9 Å². The van der Waals surface area contributed by atoms with E-state index >= 15 is 0 Å². The van der Waals surface area contributed by atoms with E-state index in [0.717, 1.165) is 17.5 Å². The molecule has 3 aromatic rings. The summed E-state index contributed by atoms with van der Waals surface area (Å²) in [7, 11) is 0. The summed E-state index contributed by atoms with van der Waals surface area (Å²) in [6, 6.07) is 21.1. The Morgan fingerprint density at radius 3 is 2.52 bits per heavy atom. The molecule has 0 spiro atoms. The summed E-state index contributed by atoms with van der Waals surface area (Å²) in [5.74, 6) is 0.523. The summed E-state index contributed by atoms with van der Waals surface area (Å²) in [6.45, 7) is 6.61. The molecular weight excluding hydrogens is 382 g/mol. The molecule has 0 aromatic heterocycles. The van der Waals surface area contributed by atoms with Crippen molar-refractivity contribution >= 4 is 17.5 Å². The SMILES string of the molecule is CC[C@H](NC(=O)c1cccc(OCc2ccccc2Cl)c1)c1ccc(C)c(C)c1. The van der Waals surface area contributed by atoms with Gasteiger partial charge in [0.15, 0.2) is 0 Å². The molecule has 0 bridgehead atoms. The van der Waals surface area contributed by atoms with Gasteiger partial charge >= 0.3 is 0 Å². The lowest BCUT2D eigenvalue weighted by molar-refractivity contribution is 0.0935. The molecule has 0 saturated heterocycles. The predicted molar refractivity (Wildman–Crippen MR) is 119 cm³/mol. The zero-order chi connectivity index (χ0) is 20.8. The van der Waals surface area contributed by atoms with Gasteiger partial charge in [-0.05, 0) is 61.2 Å². The molecule has 1 amide bonds. The molecule has 1 N–H and O–H groups in total. The number of aryl methyl sites for hydroxylation is 2. The average Bonchev–Trinajstić information content (AvgIpc) is 2.73. The van der Waals surface area contributed by atoms with Crippen LogP contribution in [-0.2, 0) is 6.61 Å². The number of hydrogen-bond donors (Lipinski definition) is 1. The zero-order valence-corrected chi connectivity index (χ0v) is 17.8. The summed E-state index contributed by atoms with van der Waals surface area (Å²) < 4.78 is 5.84. The highest BCUT2D eigenvalue weighted by molar-refractivity contribution is 6.31. The van der Waals surface area contributed by atoms with Crippen LogP contribution in [0.5, 0.6) is 5.75 Å². The molecule has 1 atom stereocenters. The Morgan fingerprint density at radius 1 is 1.00 bits per heavy atom. The van der Waals surface area contributed by atoms with Gasteiger partial charge in [-0.2, -0.15) is 0 Å². The van der Waals surface area contributed by atoms with Crippen LogP contribution in [0.3, 0.4) is 0 Å². The number of carbonyl (C=O) groups is 1. The van der Waals surface area contributed by atoms with Crippen LogP contribution in [0, 0.1) is 13.8 Å². The zero-order valence-electron chi connectivity index (χ0n) is 17.0. The first-order chi connectivity index (χ1) is 14.0. The average molecular weight is 408 g/mol. The van der Waals surface area contributed by atoms with Gasteiger partial charge in [0.2, 0.25) is 0 Å². The quantitative estimate of drug-likeness (QED) is 0.491. The fourth-order valence-corrected chi connectivity index (χ4v) is 3.34. The maximum absolute atomic E-state index is 12.8. The topological polar surface area (TPSA) is 38.3 Å². The number of nitrogens with one attached hydrogen (secondary N) is 1. The summed E-state index contributed by atoms with van der Waals surface area (Å²) in [5.41, 5.74) is 5.08. The second kappa shape index (κ2) is 9.62. The third-order valence-corrected chi connectivity index (χ3v) is 5.46. The largest absolute Gasteiger partial charge is 0.489 e. The van der Waals surface area contributed by atoms with Crippen LogP contribution in [0.15, 0.2) is 66.7 Å². The van der Waals surface area contributed by atoms with Crippen molar-refractivity contribution in [3.05, 3.63) is 99.6 Å². The number of amides is 1. The minimum absolute atomic E-state index is 0.0329. The van der Waals surface area contributed by atoms with Crippen LogP contribution in [-0.4, -0.2) is 5.91 Å². The van der Waals surface area contributed by atoms with Gasteiger partial charge in [0.25, 0.3) is 5.91 Å². The molecular formula is C25H26ClNO2. The monoisotopic (exact) mass is 407 g/mol. The van der Waals surface area contributed by atoms with Gasteiger partial charge in [-0.1, -0.05) is 61.0 Å². The maximum atomic E-state index is 12.8. The Balaban J connectivity index is 1.69. The van der Waals surface area contributed by atoms with E-state index in [1.165, 1.54) is 11.1 Å². The lowest BCUT2D eigenvalue weighted by Gasteiger charge is -2.19. The van der Waals surface area contributed by atoms with Gasteiger partial charge in [-0.25, -0.2) is 0 Å². The summed E-state index contributed by atoms with van der Waals surface area (Å²) in [4.78, 5) is 12.8. The number of carbonyl (C=O) groups excluding carboxylic acids is 1. The van der Waals surface area contributed by atoms with E-state index in [9.17, 15) is 4.79 Å². The molecule has 150 valence electrons. The molecule has 0 radical (unpaired) electrons. The molecule has 0 aliphatic carbocycles. The Hall–Kier alpha value is -2.78. The van der Waals surface area contributed by atoms with E-state index in [0.29, 0.717) is 22.9 Å². The van der Waals surface area contributed by atoms with Crippen molar-refractivity contribution in [2.75, 3.05) is 0 Å². The molecule has 0 heterocycles. The van der Waals surface area contributed by atoms with Gasteiger partial charge in [-0.3, -0.25) is 4.79 Å². The van der Waals surface area contributed by atoms with Crippen molar-refractivity contribution in [2.24, 2.45) is 0 Å². The first-order valence-electron chi connectivity index (χ1n) is 9.82. The van der Waals surface area contributed by atoms with Crippen LogP contribution < -0.4 is 10.1 Å². The highest BCUT2D eigenvalue weighted by atomic mass is 35.5. The van der Waals surface area contributed by atoms with Crippen LogP contribution in [0.25, 0.3) is 0 Å². The third-order valence-electron chi connectivity index (χ3n) is 5.10.